The maximum atomic E-state index is 12.6. The molecular formula is C24H17N5O2S. The zero-order valence-corrected chi connectivity index (χ0v) is 17.6. The van der Waals surface area contributed by atoms with Crippen LogP contribution in [0.15, 0.2) is 96.9 Å². The monoisotopic (exact) mass is 439 g/mol. The predicted octanol–water partition coefficient (Wildman–Crippen LogP) is 5.44. The van der Waals surface area contributed by atoms with Gasteiger partial charge in [0.15, 0.2) is 5.82 Å². The standard InChI is InChI=1S/C24H17N5O2S/c30-24(18-5-3-17(4-6-18)21-2-1-15-32-21)26-19-7-9-20(10-8-19)31-23-12-11-22(27-28-23)29-14-13-25-16-29/h1-16H,(H,26,30). The van der Waals surface area contributed by atoms with Gasteiger partial charge in [0.25, 0.3) is 5.91 Å². The highest BCUT2D eigenvalue weighted by Crippen LogP contribution is 2.25. The van der Waals surface area contributed by atoms with E-state index in [1.54, 1.807) is 71.0 Å². The third-order valence-electron chi connectivity index (χ3n) is 4.68. The first kappa shape index (κ1) is 19.7. The number of nitrogens with one attached hydrogen (secondary N) is 1. The number of carbonyl (C=O) groups is 1. The second kappa shape index (κ2) is 8.83. The molecule has 0 unspecified atom stereocenters. The van der Waals surface area contributed by atoms with Gasteiger partial charge in [0.05, 0.1) is 0 Å². The van der Waals surface area contributed by atoms with Gasteiger partial charge in [-0.25, -0.2) is 4.98 Å². The average molecular weight is 440 g/mol. The van der Waals surface area contributed by atoms with E-state index in [2.05, 4.69) is 26.6 Å². The average Bonchev–Trinajstić information content (AvgIpc) is 3.56. The highest BCUT2D eigenvalue weighted by molar-refractivity contribution is 7.13. The molecule has 0 spiro atoms. The van der Waals surface area contributed by atoms with Gasteiger partial charge in [-0.05, 0) is 59.5 Å². The molecule has 7 nitrogen and oxygen atoms in total. The number of imidazole rings is 1. The van der Waals surface area contributed by atoms with E-state index < -0.39 is 0 Å². The summed E-state index contributed by atoms with van der Waals surface area (Å²) in [6.07, 6.45) is 5.11. The molecule has 32 heavy (non-hydrogen) atoms. The van der Waals surface area contributed by atoms with Crippen LogP contribution in [0, 0.1) is 0 Å². The molecule has 2 aromatic carbocycles. The minimum atomic E-state index is -0.169. The van der Waals surface area contributed by atoms with E-state index in [4.69, 9.17) is 4.74 Å². The molecule has 0 aliphatic heterocycles. The minimum Gasteiger partial charge on any atom is -0.438 e. The van der Waals surface area contributed by atoms with Gasteiger partial charge in [-0.2, -0.15) is 0 Å². The van der Waals surface area contributed by atoms with Crippen LogP contribution in [0.1, 0.15) is 10.4 Å². The molecule has 5 rings (SSSR count). The Hall–Kier alpha value is -4.30. The lowest BCUT2D eigenvalue weighted by molar-refractivity contribution is 0.102. The molecule has 0 aliphatic rings. The number of nitrogens with zero attached hydrogens (tertiary/aromatic N) is 4. The Labute approximate surface area is 188 Å². The first-order valence-electron chi connectivity index (χ1n) is 9.80. The number of rotatable bonds is 6. The normalized spacial score (nSPS) is 10.6. The van der Waals surface area contributed by atoms with E-state index in [-0.39, 0.29) is 5.91 Å². The Morgan fingerprint density at radius 3 is 2.44 bits per heavy atom. The van der Waals surface area contributed by atoms with Gasteiger partial charge in [-0.1, -0.05) is 18.2 Å². The topological polar surface area (TPSA) is 81.9 Å². The summed E-state index contributed by atoms with van der Waals surface area (Å²) in [5.41, 5.74) is 2.37. The predicted molar refractivity (Wildman–Crippen MR) is 123 cm³/mol. The molecular weight excluding hydrogens is 422 g/mol. The SMILES string of the molecule is O=C(Nc1ccc(Oc2ccc(-n3ccnc3)nn2)cc1)c1ccc(-c2cccs2)cc1. The van der Waals surface area contributed by atoms with E-state index in [0.29, 0.717) is 28.7 Å². The summed E-state index contributed by atoms with van der Waals surface area (Å²) in [5, 5.41) is 13.1. The molecule has 1 N–H and O–H groups in total. The van der Waals surface area contributed by atoms with Crippen molar-refractivity contribution in [2.45, 2.75) is 0 Å². The number of amides is 1. The lowest BCUT2D eigenvalue weighted by Crippen LogP contribution is -2.11. The zero-order chi connectivity index (χ0) is 21.8. The van der Waals surface area contributed by atoms with Crippen LogP contribution < -0.4 is 10.1 Å². The van der Waals surface area contributed by atoms with Crippen LogP contribution >= 0.6 is 11.3 Å². The number of anilines is 1. The van der Waals surface area contributed by atoms with Gasteiger partial charge in [0.1, 0.15) is 12.1 Å². The van der Waals surface area contributed by atoms with E-state index in [1.165, 1.54) is 4.88 Å². The second-order valence-corrected chi connectivity index (χ2v) is 7.78. The van der Waals surface area contributed by atoms with Crippen LogP contribution in [0.5, 0.6) is 11.6 Å². The summed E-state index contributed by atoms with van der Waals surface area (Å²) in [7, 11) is 0. The van der Waals surface area contributed by atoms with Gasteiger partial charge in [0, 0.05) is 34.6 Å². The largest absolute Gasteiger partial charge is 0.438 e. The van der Waals surface area contributed by atoms with E-state index in [1.807, 2.05) is 35.7 Å². The van der Waals surface area contributed by atoms with Crippen molar-refractivity contribution in [1.29, 1.82) is 0 Å². The van der Waals surface area contributed by atoms with E-state index in [9.17, 15) is 4.79 Å². The second-order valence-electron chi connectivity index (χ2n) is 6.83. The zero-order valence-electron chi connectivity index (χ0n) is 16.8. The summed E-state index contributed by atoms with van der Waals surface area (Å²) < 4.78 is 7.49. The molecule has 5 aromatic rings. The Kier molecular flexibility index (Phi) is 5.42. The fourth-order valence-electron chi connectivity index (χ4n) is 3.06. The molecule has 0 saturated carbocycles. The molecule has 3 aromatic heterocycles. The van der Waals surface area contributed by atoms with Crippen molar-refractivity contribution in [2.75, 3.05) is 5.32 Å². The third kappa shape index (κ3) is 4.40. The van der Waals surface area contributed by atoms with Crippen molar-refractivity contribution >= 4 is 22.9 Å². The van der Waals surface area contributed by atoms with Gasteiger partial charge in [-0.15, -0.1) is 21.5 Å². The number of carbonyl (C=O) groups excluding carboxylic acids is 1. The molecule has 8 heteroatoms. The number of hydrogen-bond acceptors (Lipinski definition) is 6. The van der Waals surface area contributed by atoms with Crippen LogP contribution in [0.2, 0.25) is 0 Å². The first-order valence-corrected chi connectivity index (χ1v) is 10.7. The molecule has 0 saturated heterocycles. The maximum Gasteiger partial charge on any atom is 0.255 e. The van der Waals surface area contributed by atoms with Crippen LogP contribution in [0.25, 0.3) is 16.3 Å². The molecule has 0 atom stereocenters. The minimum absolute atomic E-state index is 0.169. The van der Waals surface area contributed by atoms with Gasteiger partial charge < -0.3 is 10.1 Å². The highest BCUT2D eigenvalue weighted by Gasteiger charge is 2.08. The molecule has 0 radical (unpaired) electrons. The van der Waals surface area contributed by atoms with Crippen molar-refractivity contribution in [2.24, 2.45) is 0 Å². The number of aromatic nitrogens is 4. The maximum absolute atomic E-state index is 12.6. The molecule has 0 fully saturated rings. The van der Waals surface area contributed by atoms with Crippen LogP contribution in [0.3, 0.4) is 0 Å². The Morgan fingerprint density at radius 2 is 1.78 bits per heavy atom. The van der Waals surface area contributed by atoms with Crippen molar-refractivity contribution in [3.63, 3.8) is 0 Å². The van der Waals surface area contributed by atoms with Crippen molar-refractivity contribution in [3.05, 3.63) is 102 Å². The number of thiophene rings is 1. The van der Waals surface area contributed by atoms with Gasteiger partial charge in [0.2, 0.25) is 5.88 Å². The lowest BCUT2D eigenvalue weighted by atomic mass is 10.1. The van der Waals surface area contributed by atoms with E-state index in [0.717, 1.165) is 5.56 Å². The number of benzene rings is 2. The van der Waals surface area contributed by atoms with Crippen molar-refractivity contribution in [1.82, 2.24) is 19.7 Å². The van der Waals surface area contributed by atoms with Crippen LogP contribution in [0.4, 0.5) is 5.69 Å². The highest BCUT2D eigenvalue weighted by atomic mass is 32.1. The number of ether oxygens (including phenoxy) is 1. The fraction of sp³-hybridized carbons (Fsp3) is 0. The quantitative estimate of drug-likeness (QED) is 0.381. The number of hydrogen-bond donors (Lipinski definition) is 1. The summed E-state index contributed by atoms with van der Waals surface area (Å²) >= 11 is 1.67. The molecule has 0 aliphatic carbocycles. The fourth-order valence-corrected chi connectivity index (χ4v) is 3.79. The summed E-state index contributed by atoms with van der Waals surface area (Å²) in [6, 6.07) is 22.2. The first-order chi connectivity index (χ1) is 15.7. The van der Waals surface area contributed by atoms with E-state index >= 15 is 0 Å². The molecule has 3 heterocycles. The summed E-state index contributed by atoms with van der Waals surface area (Å²) in [5.74, 6) is 1.44. The van der Waals surface area contributed by atoms with Crippen LogP contribution in [-0.4, -0.2) is 25.7 Å². The Balaban J connectivity index is 1.20. The van der Waals surface area contributed by atoms with Gasteiger partial charge in [-0.3, -0.25) is 9.36 Å². The smallest absolute Gasteiger partial charge is 0.255 e. The molecule has 156 valence electrons. The Bertz CT molecular complexity index is 1300. The van der Waals surface area contributed by atoms with Gasteiger partial charge >= 0.3 is 0 Å². The summed E-state index contributed by atoms with van der Waals surface area (Å²) in [6.45, 7) is 0. The lowest BCUT2D eigenvalue weighted by Gasteiger charge is -2.08. The summed E-state index contributed by atoms with van der Waals surface area (Å²) in [4.78, 5) is 17.7. The van der Waals surface area contributed by atoms with Crippen molar-refractivity contribution in [3.8, 4) is 27.9 Å². The molecule has 1 amide bonds. The van der Waals surface area contributed by atoms with Crippen molar-refractivity contribution < 1.29 is 9.53 Å². The third-order valence-corrected chi connectivity index (χ3v) is 5.60. The van der Waals surface area contributed by atoms with Crippen LogP contribution in [-0.2, 0) is 0 Å². The Morgan fingerprint density at radius 1 is 0.938 bits per heavy atom. The molecule has 0 bridgehead atoms.